The van der Waals surface area contributed by atoms with Crippen LogP contribution in [0.15, 0.2) is 0 Å². The van der Waals surface area contributed by atoms with Crippen molar-refractivity contribution in [1.82, 2.24) is 0 Å². The summed E-state index contributed by atoms with van der Waals surface area (Å²) in [7, 11) is 0. The van der Waals surface area contributed by atoms with Gasteiger partial charge in [-0.2, -0.15) is 12.6 Å². The quantitative estimate of drug-likeness (QED) is 0.0659. The number of ether oxygens (including phenoxy) is 1. The normalized spacial score (nSPS) is 12.2. The SMILES string of the molecule is CCCCCCCCCCCCCCOC(=O)CC(S)CCCCCCCCCCCCCC. The Kier molecular flexibility index (Phi) is 28.9. The molecule has 0 saturated carbocycles. The maximum atomic E-state index is 12.0. The number of esters is 1. The fraction of sp³-hybridized carbons (Fsp3) is 0.968. The summed E-state index contributed by atoms with van der Waals surface area (Å²) >= 11 is 4.62. The molecule has 0 heterocycles. The molecule has 0 radical (unpaired) electrons. The van der Waals surface area contributed by atoms with Crippen molar-refractivity contribution in [3.05, 3.63) is 0 Å². The first-order valence-corrected chi connectivity index (χ1v) is 16.1. The Morgan fingerprint density at radius 3 is 1.24 bits per heavy atom. The number of thiol groups is 1. The first-order valence-electron chi connectivity index (χ1n) is 15.5. The zero-order valence-corrected chi connectivity index (χ0v) is 24.3. The molecule has 1 unspecified atom stereocenters. The van der Waals surface area contributed by atoms with Gasteiger partial charge in [-0.3, -0.25) is 4.79 Å². The summed E-state index contributed by atoms with van der Waals surface area (Å²) in [6, 6.07) is 0. The third kappa shape index (κ3) is 28.1. The van der Waals surface area contributed by atoms with Crippen molar-refractivity contribution < 1.29 is 9.53 Å². The maximum absolute atomic E-state index is 12.0. The lowest BCUT2D eigenvalue weighted by Gasteiger charge is -2.10. The molecule has 0 aromatic heterocycles. The summed E-state index contributed by atoms with van der Waals surface area (Å²) in [6.07, 6.45) is 33.9. The van der Waals surface area contributed by atoms with Gasteiger partial charge in [0.15, 0.2) is 0 Å². The lowest BCUT2D eigenvalue weighted by molar-refractivity contribution is -0.143. The van der Waals surface area contributed by atoms with E-state index in [2.05, 4.69) is 26.5 Å². The van der Waals surface area contributed by atoms with Gasteiger partial charge in [0.2, 0.25) is 0 Å². The number of hydrogen-bond donors (Lipinski definition) is 1. The first-order chi connectivity index (χ1) is 16.7. The van der Waals surface area contributed by atoms with E-state index in [1.54, 1.807) is 0 Å². The molecule has 0 bridgehead atoms. The summed E-state index contributed by atoms with van der Waals surface area (Å²) < 4.78 is 5.43. The maximum Gasteiger partial charge on any atom is 0.306 e. The third-order valence-corrected chi connectivity index (χ3v) is 7.49. The molecule has 204 valence electrons. The number of hydrogen-bond acceptors (Lipinski definition) is 3. The van der Waals surface area contributed by atoms with E-state index in [1.165, 1.54) is 148 Å². The summed E-state index contributed by atoms with van der Waals surface area (Å²) in [5.74, 6) is -0.0537. The Labute approximate surface area is 220 Å². The van der Waals surface area contributed by atoms with E-state index in [-0.39, 0.29) is 11.2 Å². The summed E-state index contributed by atoms with van der Waals surface area (Å²) in [5.41, 5.74) is 0. The van der Waals surface area contributed by atoms with E-state index in [4.69, 9.17) is 4.74 Å². The average Bonchev–Trinajstić information content (AvgIpc) is 2.82. The predicted molar refractivity (Wildman–Crippen MR) is 155 cm³/mol. The molecular formula is C31H62O2S. The Morgan fingerprint density at radius 1 is 0.529 bits per heavy atom. The molecule has 3 heteroatoms. The molecule has 0 spiro atoms. The van der Waals surface area contributed by atoms with Crippen molar-refractivity contribution in [2.75, 3.05) is 6.61 Å². The van der Waals surface area contributed by atoms with Gasteiger partial charge >= 0.3 is 5.97 Å². The summed E-state index contributed by atoms with van der Waals surface area (Å²) in [6.45, 7) is 5.15. The van der Waals surface area contributed by atoms with Gasteiger partial charge in [0.25, 0.3) is 0 Å². The van der Waals surface area contributed by atoms with Crippen LogP contribution in [0, 0.1) is 0 Å². The molecule has 0 aromatic carbocycles. The van der Waals surface area contributed by atoms with Crippen LogP contribution >= 0.6 is 12.6 Å². The van der Waals surface area contributed by atoms with E-state index in [1.807, 2.05) is 0 Å². The fourth-order valence-corrected chi connectivity index (χ4v) is 5.04. The Balaban J connectivity index is 3.28. The van der Waals surface area contributed by atoms with Gasteiger partial charge in [0.05, 0.1) is 13.0 Å². The molecule has 0 aliphatic carbocycles. The lowest BCUT2D eigenvalue weighted by atomic mass is 10.0. The van der Waals surface area contributed by atoms with E-state index < -0.39 is 0 Å². The van der Waals surface area contributed by atoms with Crippen LogP contribution in [0.1, 0.15) is 181 Å². The van der Waals surface area contributed by atoms with Crippen molar-refractivity contribution in [3.63, 3.8) is 0 Å². The highest BCUT2D eigenvalue weighted by Gasteiger charge is 2.10. The van der Waals surface area contributed by atoms with E-state index in [0.717, 1.165) is 12.8 Å². The number of rotatable bonds is 28. The minimum absolute atomic E-state index is 0.0537. The van der Waals surface area contributed by atoms with Crippen molar-refractivity contribution in [2.24, 2.45) is 0 Å². The Morgan fingerprint density at radius 2 is 0.853 bits per heavy atom. The number of carbonyl (C=O) groups excluding carboxylic acids is 1. The van der Waals surface area contributed by atoms with E-state index in [9.17, 15) is 4.79 Å². The van der Waals surface area contributed by atoms with Crippen LogP contribution in [0.5, 0.6) is 0 Å². The van der Waals surface area contributed by atoms with Crippen LogP contribution in [0.4, 0.5) is 0 Å². The fourth-order valence-electron chi connectivity index (χ4n) is 4.70. The molecule has 0 N–H and O–H groups in total. The van der Waals surface area contributed by atoms with Crippen molar-refractivity contribution in [1.29, 1.82) is 0 Å². The van der Waals surface area contributed by atoms with Gasteiger partial charge in [-0.05, 0) is 12.8 Å². The standard InChI is InChI=1S/C31H62O2S/c1-3-5-7-9-11-13-15-17-19-21-23-25-27-30(34)29-31(32)33-28-26-24-22-20-18-16-14-12-10-8-6-4-2/h30,34H,3-29H2,1-2H3. The molecule has 0 aliphatic heterocycles. The zero-order chi connectivity index (χ0) is 25.0. The summed E-state index contributed by atoms with van der Waals surface area (Å²) in [5, 5.41) is 0.164. The van der Waals surface area contributed by atoms with Crippen molar-refractivity contribution >= 4 is 18.6 Å². The number of unbranched alkanes of at least 4 members (excludes halogenated alkanes) is 22. The Hall–Kier alpha value is -0.180. The van der Waals surface area contributed by atoms with Gasteiger partial charge in [-0.1, -0.05) is 162 Å². The minimum atomic E-state index is -0.0537. The molecule has 0 aromatic rings. The molecule has 0 saturated heterocycles. The summed E-state index contributed by atoms with van der Waals surface area (Å²) in [4.78, 5) is 12.0. The second kappa shape index (κ2) is 29.1. The number of carbonyl (C=O) groups is 1. The van der Waals surface area contributed by atoms with Crippen LogP contribution < -0.4 is 0 Å². The lowest BCUT2D eigenvalue weighted by Crippen LogP contribution is -2.12. The molecule has 2 nitrogen and oxygen atoms in total. The monoisotopic (exact) mass is 498 g/mol. The second-order valence-electron chi connectivity index (χ2n) is 10.6. The molecular weight excluding hydrogens is 436 g/mol. The zero-order valence-electron chi connectivity index (χ0n) is 23.4. The second-order valence-corrected chi connectivity index (χ2v) is 11.4. The van der Waals surface area contributed by atoms with Crippen LogP contribution in [-0.2, 0) is 9.53 Å². The van der Waals surface area contributed by atoms with E-state index in [0.29, 0.717) is 13.0 Å². The molecule has 34 heavy (non-hydrogen) atoms. The highest BCUT2D eigenvalue weighted by molar-refractivity contribution is 7.81. The van der Waals surface area contributed by atoms with Crippen LogP contribution in [0.25, 0.3) is 0 Å². The van der Waals surface area contributed by atoms with Gasteiger partial charge in [-0.15, -0.1) is 0 Å². The average molecular weight is 499 g/mol. The molecule has 0 aliphatic rings. The van der Waals surface area contributed by atoms with Crippen molar-refractivity contribution in [3.8, 4) is 0 Å². The topological polar surface area (TPSA) is 26.3 Å². The van der Waals surface area contributed by atoms with Gasteiger partial charge < -0.3 is 4.74 Å². The molecule has 0 fully saturated rings. The van der Waals surface area contributed by atoms with Crippen molar-refractivity contribution in [2.45, 2.75) is 186 Å². The first kappa shape index (κ1) is 33.8. The van der Waals surface area contributed by atoms with Gasteiger partial charge in [-0.25, -0.2) is 0 Å². The molecule has 0 rings (SSSR count). The highest BCUT2D eigenvalue weighted by Crippen LogP contribution is 2.16. The molecule has 1 atom stereocenters. The van der Waals surface area contributed by atoms with Gasteiger partial charge in [0.1, 0.15) is 0 Å². The van der Waals surface area contributed by atoms with Crippen LogP contribution in [-0.4, -0.2) is 17.8 Å². The third-order valence-electron chi connectivity index (χ3n) is 7.05. The van der Waals surface area contributed by atoms with Crippen LogP contribution in [0.2, 0.25) is 0 Å². The van der Waals surface area contributed by atoms with E-state index >= 15 is 0 Å². The minimum Gasteiger partial charge on any atom is -0.466 e. The van der Waals surface area contributed by atoms with Gasteiger partial charge in [0, 0.05) is 5.25 Å². The van der Waals surface area contributed by atoms with Crippen LogP contribution in [0.3, 0.4) is 0 Å². The predicted octanol–water partition coefficient (Wildman–Crippen LogP) is 11.0. The smallest absolute Gasteiger partial charge is 0.306 e. The Bertz CT molecular complexity index is 399. The molecule has 0 amide bonds. The largest absolute Gasteiger partial charge is 0.466 e. The highest BCUT2D eigenvalue weighted by atomic mass is 32.1.